The van der Waals surface area contributed by atoms with Crippen molar-refractivity contribution in [3.8, 4) is 5.69 Å². The summed E-state index contributed by atoms with van der Waals surface area (Å²) in [6.07, 6.45) is 2.85. The first-order valence-corrected chi connectivity index (χ1v) is 9.05. The first-order chi connectivity index (χ1) is 12.2. The maximum Gasteiger partial charge on any atom is 0.274 e. The highest BCUT2D eigenvalue weighted by Gasteiger charge is 2.30. The molecule has 25 heavy (non-hydrogen) atoms. The lowest BCUT2D eigenvalue weighted by Crippen LogP contribution is -2.48. The molecule has 2 aliphatic rings. The fourth-order valence-corrected chi connectivity index (χ4v) is 3.82. The van der Waals surface area contributed by atoms with Crippen LogP contribution in [0.2, 0.25) is 0 Å². The number of amides is 1. The molecule has 0 radical (unpaired) electrons. The van der Waals surface area contributed by atoms with Crippen molar-refractivity contribution in [2.75, 3.05) is 32.7 Å². The van der Waals surface area contributed by atoms with Gasteiger partial charge in [-0.25, -0.2) is 9.07 Å². The van der Waals surface area contributed by atoms with Crippen molar-refractivity contribution in [3.63, 3.8) is 0 Å². The number of nitrogens with zero attached hydrogens (tertiary/aromatic N) is 4. The Morgan fingerprint density at radius 1 is 1.12 bits per heavy atom. The number of benzene rings is 1. The summed E-state index contributed by atoms with van der Waals surface area (Å²) < 4.78 is 15.0. The van der Waals surface area contributed by atoms with Gasteiger partial charge < -0.3 is 9.80 Å². The van der Waals surface area contributed by atoms with Gasteiger partial charge in [0, 0.05) is 37.4 Å². The topological polar surface area (TPSA) is 41.4 Å². The molecule has 0 spiro atoms. The number of rotatable bonds is 3. The van der Waals surface area contributed by atoms with Crippen LogP contribution in [-0.2, 0) is 12.8 Å². The predicted octanol–water partition coefficient (Wildman–Crippen LogP) is 2.28. The second-order valence-electron chi connectivity index (χ2n) is 6.74. The van der Waals surface area contributed by atoms with Crippen LogP contribution in [0.4, 0.5) is 4.39 Å². The Hall–Kier alpha value is -2.21. The van der Waals surface area contributed by atoms with Gasteiger partial charge in [-0.15, -0.1) is 0 Å². The van der Waals surface area contributed by atoms with Gasteiger partial charge in [-0.05, 0) is 50.1 Å². The lowest BCUT2D eigenvalue weighted by Gasteiger charge is -2.33. The summed E-state index contributed by atoms with van der Waals surface area (Å²) >= 11 is 0. The van der Waals surface area contributed by atoms with Crippen LogP contribution >= 0.6 is 0 Å². The minimum absolute atomic E-state index is 0.0368. The highest BCUT2D eigenvalue weighted by Crippen LogP contribution is 2.28. The van der Waals surface area contributed by atoms with Crippen LogP contribution in [0, 0.1) is 5.82 Å². The van der Waals surface area contributed by atoms with Crippen molar-refractivity contribution in [3.05, 3.63) is 47.0 Å². The molecule has 1 amide bonds. The summed E-state index contributed by atoms with van der Waals surface area (Å²) in [6.45, 7) is 6.52. The summed E-state index contributed by atoms with van der Waals surface area (Å²) in [4.78, 5) is 17.3. The molecule has 1 aromatic heterocycles. The van der Waals surface area contributed by atoms with E-state index in [1.807, 2.05) is 9.58 Å². The largest absolute Gasteiger partial charge is 0.335 e. The van der Waals surface area contributed by atoms with Gasteiger partial charge in [-0.1, -0.05) is 6.92 Å². The van der Waals surface area contributed by atoms with Crippen LogP contribution < -0.4 is 0 Å². The minimum atomic E-state index is -0.266. The molecule has 0 bridgehead atoms. The summed E-state index contributed by atoms with van der Waals surface area (Å²) in [6, 6.07) is 6.30. The van der Waals surface area contributed by atoms with E-state index in [1.54, 1.807) is 12.1 Å². The summed E-state index contributed by atoms with van der Waals surface area (Å²) in [5, 5.41) is 4.64. The van der Waals surface area contributed by atoms with Crippen LogP contribution in [-0.4, -0.2) is 58.2 Å². The number of carbonyl (C=O) groups excluding carboxylic acids is 1. The second-order valence-corrected chi connectivity index (χ2v) is 6.74. The van der Waals surface area contributed by atoms with E-state index in [0.29, 0.717) is 5.69 Å². The average molecular weight is 342 g/mol. The molecule has 5 nitrogen and oxygen atoms in total. The quantitative estimate of drug-likeness (QED) is 0.859. The number of hydrogen-bond acceptors (Lipinski definition) is 3. The first kappa shape index (κ1) is 16.3. The molecule has 4 rings (SSSR count). The van der Waals surface area contributed by atoms with E-state index >= 15 is 0 Å². The Labute approximate surface area is 147 Å². The molecule has 1 saturated heterocycles. The molecule has 0 atom stereocenters. The molecular weight excluding hydrogens is 319 g/mol. The monoisotopic (exact) mass is 342 g/mol. The number of carbonyl (C=O) groups is 1. The Balaban J connectivity index is 1.63. The average Bonchev–Trinajstić information content (AvgIpc) is 3.25. The van der Waals surface area contributed by atoms with Gasteiger partial charge in [-0.2, -0.15) is 5.10 Å². The zero-order valence-corrected chi connectivity index (χ0v) is 14.5. The normalized spacial score (nSPS) is 17.8. The van der Waals surface area contributed by atoms with E-state index in [4.69, 9.17) is 0 Å². The van der Waals surface area contributed by atoms with Gasteiger partial charge in [0.15, 0.2) is 5.69 Å². The molecule has 1 fully saturated rings. The van der Waals surface area contributed by atoms with Crippen LogP contribution in [0.25, 0.3) is 5.69 Å². The summed E-state index contributed by atoms with van der Waals surface area (Å²) in [5.74, 6) is -0.229. The number of piperazine rings is 1. The Kier molecular flexibility index (Phi) is 4.29. The van der Waals surface area contributed by atoms with Gasteiger partial charge in [0.05, 0.1) is 5.69 Å². The molecule has 0 unspecified atom stereocenters. The highest BCUT2D eigenvalue weighted by atomic mass is 19.1. The lowest BCUT2D eigenvalue weighted by atomic mass is 10.1. The van der Waals surface area contributed by atoms with Crippen LogP contribution in [0.15, 0.2) is 24.3 Å². The second kappa shape index (κ2) is 6.59. The van der Waals surface area contributed by atoms with Crippen molar-refractivity contribution in [2.45, 2.75) is 26.2 Å². The number of fused-ring (bicyclic) bond motifs is 1. The Morgan fingerprint density at radius 3 is 2.52 bits per heavy atom. The Morgan fingerprint density at radius 2 is 1.84 bits per heavy atom. The smallest absolute Gasteiger partial charge is 0.274 e. The molecule has 0 N–H and O–H groups in total. The minimum Gasteiger partial charge on any atom is -0.335 e. The molecule has 2 heterocycles. The van der Waals surface area contributed by atoms with E-state index in [9.17, 15) is 9.18 Å². The van der Waals surface area contributed by atoms with E-state index in [0.717, 1.165) is 68.9 Å². The number of halogens is 1. The van der Waals surface area contributed by atoms with Crippen LogP contribution in [0.5, 0.6) is 0 Å². The van der Waals surface area contributed by atoms with Crippen molar-refractivity contribution in [2.24, 2.45) is 0 Å². The fraction of sp³-hybridized carbons (Fsp3) is 0.474. The molecule has 132 valence electrons. The predicted molar refractivity (Wildman–Crippen MR) is 93.6 cm³/mol. The van der Waals surface area contributed by atoms with E-state index in [1.165, 1.54) is 12.1 Å². The maximum absolute atomic E-state index is 13.2. The number of aromatic nitrogens is 2. The molecule has 6 heteroatoms. The summed E-state index contributed by atoms with van der Waals surface area (Å²) in [5.41, 5.74) is 3.57. The number of likely N-dealkylation sites (N-methyl/N-ethyl adjacent to an activating group) is 1. The zero-order chi connectivity index (χ0) is 17.4. The molecule has 1 aliphatic heterocycles. The standard InChI is InChI=1S/C19H23FN4O/c1-2-22-10-12-23(13-11-22)19(25)18-16-4-3-5-17(16)24(21-18)15-8-6-14(20)7-9-15/h6-9H,2-5,10-13H2,1H3. The van der Waals surface area contributed by atoms with Crippen molar-refractivity contribution in [1.29, 1.82) is 0 Å². The third kappa shape index (κ3) is 2.95. The van der Waals surface area contributed by atoms with Gasteiger partial charge in [-0.3, -0.25) is 4.79 Å². The molecule has 2 aromatic rings. The van der Waals surface area contributed by atoms with Gasteiger partial charge in [0.1, 0.15) is 5.82 Å². The third-order valence-corrected chi connectivity index (χ3v) is 5.31. The van der Waals surface area contributed by atoms with Crippen LogP contribution in [0.1, 0.15) is 35.1 Å². The van der Waals surface area contributed by atoms with Gasteiger partial charge in [0.25, 0.3) is 5.91 Å². The van der Waals surface area contributed by atoms with Crippen molar-refractivity contribution < 1.29 is 9.18 Å². The summed E-state index contributed by atoms with van der Waals surface area (Å²) in [7, 11) is 0. The molecule has 0 saturated carbocycles. The first-order valence-electron chi connectivity index (χ1n) is 9.05. The van der Waals surface area contributed by atoms with Crippen LogP contribution in [0.3, 0.4) is 0 Å². The van der Waals surface area contributed by atoms with Gasteiger partial charge >= 0.3 is 0 Å². The SMILES string of the molecule is CCN1CCN(C(=O)c2nn(-c3ccc(F)cc3)c3c2CCC3)CC1. The molecular formula is C19H23FN4O. The third-order valence-electron chi connectivity index (χ3n) is 5.31. The van der Waals surface area contributed by atoms with Crippen molar-refractivity contribution >= 4 is 5.91 Å². The van der Waals surface area contributed by atoms with E-state index in [2.05, 4.69) is 16.9 Å². The van der Waals surface area contributed by atoms with Crippen molar-refractivity contribution in [1.82, 2.24) is 19.6 Å². The fourth-order valence-electron chi connectivity index (χ4n) is 3.82. The number of hydrogen-bond donors (Lipinski definition) is 0. The van der Waals surface area contributed by atoms with Gasteiger partial charge in [0.2, 0.25) is 0 Å². The highest BCUT2D eigenvalue weighted by molar-refractivity contribution is 5.94. The maximum atomic E-state index is 13.2. The zero-order valence-electron chi connectivity index (χ0n) is 14.5. The lowest BCUT2D eigenvalue weighted by molar-refractivity contribution is 0.0636. The molecule has 1 aliphatic carbocycles. The van der Waals surface area contributed by atoms with E-state index < -0.39 is 0 Å². The molecule has 1 aromatic carbocycles. The van der Waals surface area contributed by atoms with E-state index in [-0.39, 0.29) is 11.7 Å². The Bertz CT molecular complexity index is 775.